The van der Waals surface area contributed by atoms with Gasteiger partial charge < -0.3 is 14.6 Å². The summed E-state index contributed by atoms with van der Waals surface area (Å²) in [5.74, 6) is -4.43. The predicted molar refractivity (Wildman–Crippen MR) is 125 cm³/mol. The second-order valence-corrected chi connectivity index (χ2v) is 10.5. The van der Waals surface area contributed by atoms with Crippen molar-refractivity contribution in [1.82, 2.24) is 5.06 Å². The van der Waals surface area contributed by atoms with E-state index in [1.165, 1.54) is 0 Å². The topological polar surface area (TPSA) is 129 Å². The van der Waals surface area contributed by atoms with E-state index in [0.717, 1.165) is 0 Å². The number of hydroxylamine groups is 2. The second kappa shape index (κ2) is 16.7. The maximum Gasteiger partial charge on any atom is 0.351 e. The quantitative estimate of drug-likeness (QED) is 0.189. The zero-order valence-corrected chi connectivity index (χ0v) is 25.0. The van der Waals surface area contributed by atoms with Crippen LogP contribution in [0.5, 0.6) is 0 Å². The van der Waals surface area contributed by atoms with E-state index in [-0.39, 0.29) is 63.6 Å². The first-order valence-electron chi connectivity index (χ1n) is 12.8. The molecule has 0 spiro atoms. The molecule has 4 unspecified atom stereocenters. The Morgan fingerprint density at radius 2 is 1.43 bits per heavy atom. The number of hydrogen-bond donors (Lipinski definition) is 1. The molecule has 2 rings (SSSR count). The van der Waals surface area contributed by atoms with Crippen molar-refractivity contribution in [3.8, 4) is 0 Å². The number of aliphatic carboxylic acids is 1. The van der Waals surface area contributed by atoms with Crippen LogP contribution in [0.1, 0.15) is 78.1 Å². The number of ether oxygens (including phenoxy) is 2. The van der Waals surface area contributed by atoms with Gasteiger partial charge in [0.05, 0.1) is 36.9 Å². The summed E-state index contributed by atoms with van der Waals surface area (Å²) < 4.78 is 23.1. The maximum atomic E-state index is 12.5. The predicted octanol–water partition coefficient (Wildman–Crippen LogP) is 3.62. The molecule has 209 valence electrons. The number of hydrogen-bond acceptors (Lipinski definition) is 9. The third-order valence-corrected chi connectivity index (χ3v) is 7.03. The van der Waals surface area contributed by atoms with E-state index in [4.69, 9.17) is 14.3 Å². The minimum absolute atomic E-state index is 0. The van der Waals surface area contributed by atoms with Crippen molar-refractivity contribution >= 4 is 23.9 Å². The van der Waals surface area contributed by atoms with Crippen molar-refractivity contribution in [2.45, 2.75) is 83.7 Å². The van der Waals surface area contributed by atoms with Gasteiger partial charge in [0.2, 0.25) is 0 Å². The van der Waals surface area contributed by atoms with Gasteiger partial charge in [0.15, 0.2) is 0 Å². The number of carboxylic acids is 1. The van der Waals surface area contributed by atoms with Crippen LogP contribution in [-0.4, -0.2) is 66.5 Å². The van der Waals surface area contributed by atoms with Crippen molar-refractivity contribution in [2.75, 3.05) is 26.8 Å². The molecule has 0 aromatic heterocycles. The Morgan fingerprint density at radius 3 is 2.03 bits per heavy atom. The smallest absolute Gasteiger partial charge is 0.351 e. The minimum Gasteiger partial charge on any atom is -0.481 e. The number of esters is 2. The van der Waals surface area contributed by atoms with Crippen molar-refractivity contribution in [3.05, 3.63) is 0 Å². The van der Waals surface area contributed by atoms with Crippen molar-refractivity contribution in [3.63, 3.8) is 0 Å². The van der Waals surface area contributed by atoms with Gasteiger partial charge in [-0.25, -0.2) is 4.79 Å². The summed E-state index contributed by atoms with van der Waals surface area (Å²) in [6, 6.07) is 0. The van der Waals surface area contributed by atoms with Gasteiger partial charge in [-0.05, 0) is 58.8 Å². The minimum atomic E-state index is -0.926. The molecule has 0 heterocycles. The van der Waals surface area contributed by atoms with Crippen LogP contribution in [0.15, 0.2) is 0 Å². The molecular formula is C25H40FNO9Y. The van der Waals surface area contributed by atoms with Gasteiger partial charge in [0, 0.05) is 57.2 Å². The molecule has 2 saturated carbocycles. The molecule has 1 N–H and O–H groups in total. The molecule has 12 heteroatoms. The first kappa shape index (κ1) is 33.9. The molecule has 10 nitrogen and oxygen atoms in total. The molecule has 0 aromatic rings. The average molecular weight is 606 g/mol. The summed E-state index contributed by atoms with van der Waals surface area (Å²) in [4.78, 5) is 56.4. The van der Waals surface area contributed by atoms with Gasteiger partial charge in [0.1, 0.15) is 5.60 Å². The van der Waals surface area contributed by atoms with Crippen LogP contribution >= 0.6 is 0 Å². The van der Waals surface area contributed by atoms with E-state index in [9.17, 15) is 28.8 Å². The molecule has 2 aliphatic carbocycles. The van der Waals surface area contributed by atoms with Gasteiger partial charge in [-0.1, -0.05) is 12.8 Å². The van der Waals surface area contributed by atoms with Crippen LogP contribution in [0, 0.1) is 23.7 Å². The molecule has 2 aliphatic rings. The van der Waals surface area contributed by atoms with E-state index in [1.54, 1.807) is 26.0 Å². The Kier molecular flexibility index (Phi) is 15.3. The van der Waals surface area contributed by atoms with E-state index in [2.05, 4.69) is 4.94 Å². The van der Waals surface area contributed by atoms with Crippen LogP contribution in [0.25, 0.3) is 0 Å². The van der Waals surface area contributed by atoms with Crippen LogP contribution < -0.4 is 0 Å². The summed E-state index contributed by atoms with van der Waals surface area (Å²) >= 11 is 0. The standard InChI is InChI=1S/C25H40FNO9.Y/c1-25(2,35-23(31)19-9-4-7-17(15-19)21(28)29)11-14-34-27(3)12-6-13-33-22(30)18-8-5-10-20(16-18)24(32)36-26;/h17-20H,4-16H2,1-3H3,(H,28,29);. The molecule has 1 radical (unpaired) electrons. The van der Waals surface area contributed by atoms with E-state index < -0.39 is 35.3 Å². The Bertz CT molecular complexity index is 766. The van der Waals surface area contributed by atoms with Gasteiger partial charge in [0.25, 0.3) is 0 Å². The Labute approximate surface area is 243 Å². The first-order chi connectivity index (χ1) is 17.0. The molecule has 37 heavy (non-hydrogen) atoms. The fourth-order valence-corrected chi connectivity index (χ4v) is 4.81. The third kappa shape index (κ3) is 12.0. The largest absolute Gasteiger partial charge is 0.481 e. The summed E-state index contributed by atoms with van der Waals surface area (Å²) in [7, 11) is 1.75. The average Bonchev–Trinajstić information content (AvgIpc) is 2.85. The van der Waals surface area contributed by atoms with Crippen molar-refractivity contribution in [2.24, 2.45) is 23.7 Å². The van der Waals surface area contributed by atoms with Crippen LogP contribution in [0.3, 0.4) is 0 Å². The Balaban J connectivity index is 0.00000684. The molecule has 0 aromatic carbocycles. The zero-order chi connectivity index (χ0) is 26.7. The van der Waals surface area contributed by atoms with Crippen LogP contribution in [0.2, 0.25) is 0 Å². The number of carbonyl (C=O) groups excluding carboxylic acids is 3. The van der Waals surface area contributed by atoms with E-state index in [0.29, 0.717) is 70.9 Å². The number of halogens is 1. The van der Waals surface area contributed by atoms with E-state index in [1.807, 2.05) is 0 Å². The molecule has 0 saturated heterocycles. The summed E-state index contributed by atoms with van der Waals surface area (Å²) in [6.45, 7) is 4.62. The molecule has 0 amide bonds. The summed E-state index contributed by atoms with van der Waals surface area (Å²) in [5.41, 5.74) is -0.754. The van der Waals surface area contributed by atoms with Crippen molar-refractivity contribution < 1.29 is 80.8 Å². The zero-order valence-electron chi connectivity index (χ0n) is 22.1. The summed E-state index contributed by atoms with van der Waals surface area (Å²) in [6.07, 6.45) is 5.27. The SMILES string of the molecule is CN(CCCOC(=O)C1CCCC(C(=O)OF)C1)OCCC(C)(C)OC(=O)C1CCCC(C(=O)O)C1.[Y]. The van der Waals surface area contributed by atoms with Gasteiger partial charge in [-0.15, -0.1) is 0 Å². The molecular weight excluding hydrogens is 566 g/mol. The number of nitrogens with zero attached hydrogens (tertiary/aromatic N) is 1. The Morgan fingerprint density at radius 1 is 0.892 bits per heavy atom. The third-order valence-electron chi connectivity index (χ3n) is 7.03. The molecule has 0 bridgehead atoms. The fourth-order valence-electron chi connectivity index (χ4n) is 4.81. The van der Waals surface area contributed by atoms with E-state index >= 15 is 0 Å². The summed E-state index contributed by atoms with van der Waals surface area (Å²) in [5, 5.41) is 10.8. The van der Waals surface area contributed by atoms with Gasteiger partial charge in [-0.3, -0.25) is 24.2 Å². The van der Waals surface area contributed by atoms with Crippen LogP contribution in [0.4, 0.5) is 4.53 Å². The second-order valence-electron chi connectivity index (χ2n) is 10.5. The molecule has 2 fully saturated rings. The van der Waals surface area contributed by atoms with Crippen molar-refractivity contribution in [1.29, 1.82) is 0 Å². The normalized spacial score (nSPS) is 24.0. The first-order valence-corrected chi connectivity index (χ1v) is 12.8. The number of rotatable bonds is 13. The monoisotopic (exact) mass is 606 g/mol. The fraction of sp³-hybridized carbons (Fsp3) is 0.840. The van der Waals surface area contributed by atoms with Gasteiger partial charge in [-0.2, -0.15) is 5.06 Å². The number of carboxylic acid groups (broad SMARTS) is 1. The molecule has 0 aliphatic heterocycles. The van der Waals surface area contributed by atoms with Crippen LogP contribution in [-0.2, 0) is 71.1 Å². The number of carbonyl (C=O) groups is 4. The maximum absolute atomic E-state index is 12.5. The van der Waals surface area contributed by atoms with Gasteiger partial charge >= 0.3 is 23.9 Å². The molecule has 4 atom stereocenters. The Hall–Kier alpha value is -1.17.